The van der Waals surface area contributed by atoms with Gasteiger partial charge in [0.1, 0.15) is 5.82 Å². The Morgan fingerprint density at radius 3 is 2.74 bits per heavy atom. The SMILES string of the molecule is O=C(NCC1CCCN1c1ccccc1)c1c(F)cccc1Cl. The van der Waals surface area contributed by atoms with Gasteiger partial charge < -0.3 is 10.2 Å². The summed E-state index contributed by atoms with van der Waals surface area (Å²) in [6.07, 6.45) is 2.08. The van der Waals surface area contributed by atoms with Crippen LogP contribution in [0.3, 0.4) is 0 Å². The van der Waals surface area contributed by atoms with Crippen molar-refractivity contribution < 1.29 is 9.18 Å². The summed E-state index contributed by atoms with van der Waals surface area (Å²) in [4.78, 5) is 14.5. The minimum absolute atomic E-state index is 0.0848. The van der Waals surface area contributed by atoms with E-state index in [1.54, 1.807) is 0 Å². The number of carbonyl (C=O) groups excluding carboxylic acids is 1. The normalized spacial score (nSPS) is 17.3. The van der Waals surface area contributed by atoms with Crippen molar-refractivity contribution in [3.05, 3.63) is 64.9 Å². The van der Waals surface area contributed by atoms with E-state index in [9.17, 15) is 9.18 Å². The van der Waals surface area contributed by atoms with Crippen molar-refractivity contribution in [1.82, 2.24) is 5.32 Å². The number of hydrogen-bond donors (Lipinski definition) is 1. The fourth-order valence-corrected chi connectivity index (χ4v) is 3.27. The average Bonchev–Trinajstić information content (AvgIpc) is 3.02. The summed E-state index contributed by atoms with van der Waals surface area (Å²) in [5, 5.41) is 2.95. The van der Waals surface area contributed by atoms with E-state index in [1.807, 2.05) is 18.2 Å². The van der Waals surface area contributed by atoms with E-state index >= 15 is 0 Å². The molecule has 0 saturated carbocycles. The third-order valence-electron chi connectivity index (χ3n) is 4.15. The van der Waals surface area contributed by atoms with Gasteiger partial charge in [0.15, 0.2) is 0 Å². The fraction of sp³-hybridized carbons (Fsp3) is 0.278. The van der Waals surface area contributed by atoms with E-state index in [0.29, 0.717) is 6.54 Å². The predicted octanol–water partition coefficient (Wildman–Crippen LogP) is 3.88. The van der Waals surface area contributed by atoms with E-state index in [1.165, 1.54) is 18.2 Å². The number of halogens is 2. The van der Waals surface area contributed by atoms with Crippen molar-refractivity contribution in [3.63, 3.8) is 0 Å². The summed E-state index contributed by atoms with van der Waals surface area (Å²) in [5.41, 5.74) is 1.06. The van der Waals surface area contributed by atoms with Crippen LogP contribution in [0.25, 0.3) is 0 Å². The van der Waals surface area contributed by atoms with Crippen LogP contribution in [0.1, 0.15) is 23.2 Å². The lowest BCUT2D eigenvalue weighted by Gasteiger charge is -2.27. The highest BCUT2D eigenvalue weighted by Gasteiger charge is 2.25. The molecule has 1 amide bonds. The molecule has 120 valence electrons. The maximum absolute atomic E-state index is 13.8. The maximum atomic E-state index is 13.8. The second-order valence-corrected chi connectivity index (χ2v) is 6.04. The molecule has 0 aromatic heterocycles. The number of anilines is 1. The lowest BCUT2D eigenvalue weighted by molar-refractivity contribution is 0.0947. The summed E-state index contributed by atoms with van der Waals surface area (Å²) in [6, 6.07) is 14.6. The van der Waals surface area contributed by atoms with E-state index < -0.39 is 11.7 Å². The summed E-state index contributed by atoms with van der Waals surface area (Å²) in [7, 11) is 0. The molecule has 0 radical (unpaired) electrons. The first-order valence-corrected chi connectivity index (χ1v) is 8.08. The maximum Gasteiger partial charge on any atom is 0.255 e. The highest BCUT2D eigenvalue weighted by atomic mass is 35.5. The zero-order valence-electron chi connectivity index (χ0n) is 12.6. The first-order chi connectivity index (χ1) is 11.2. The minimum Gasteiger partial charge on any atom is -0.367 e. The van der Waals surface area contributed by atoms with Crippen molar-refractivity contribution in [3.8, 4) is 0 Å². The van der Waals surface area contributed by atoms with Gasteiger partial charge in [0.25, 0.3) is 5.91 Å². The summed E-state index contributed by atoms with van der Waals surface area (Å²) < 4.78 is 13.8. The van der Waals surface area contributed by atoms with E-state index in [4.69, 9.17) is 11.6 Å². The molecule has 1 aliphatic rings. The minimum atomic E-state index is -0.596. The standard InChI is InChI=1S/C18H18ClFN2O/c19-15-9-4-10-16(20)17(15)18(23)21-12-14-8-5-11-22(14)13-6-2-1-3-7-13/h1-4,6-7,9-10,14H,5,8,11-12H2,(H,21,23). The number of carbonyl (C=O) groups is 1. The molecule has 2 aromatic rings. The van der Waals surface area contributed by atoms with Crippen molar-refractivity contribution in [2.75, 3.05) is 18.0 Å². The van der Waals surface area contributed by atoms with Crippen LogP contribution in [0.5, 0.6) is 0 Å². The van der Waals surface area contributed by atoms with Crippen LogP contribution in [0.2, 0.25) is 5.02 Å². The van der Waals surface area contributed by atoms with E-state index in [-0.39, 0.29) is 16.6 Å². The molecule has 0 aliphatic carbocycles. The lowest BCUT2D eigenvalue weighted by Crippen LogP contribution is -2.40. The molecular formula is C18H18ClFN2O. The number of rotatable bonds is 4. The van der Waals surface area contributed by atoms with Gasteiger partial charge in [0, 0.05) is 24.8 Å². The molecule has 1 fully saturated rings. The van der Waals surface area contributed by atoms with Crippen LogP contribution < -0.4 is 10.2 Å². The molecule has 0 spiro atoms. The van der Waals surface area contributed by atoms with Gasteiger partial charge in [-0.05, 0) is 37.1 Å². The number of benzene rings is 2. The van der Waals surface area contributed by atoms with Crippen LogP contribution >= 0.6 is 11.6 Å². The number of nitrogens with zero attached hydrogens (tertiary/aromatic N) is 1. The Kier molecular flexibility index (Phi) is 4.82. The molecule has 1 atom stereocenters. The molecule has 3 rings (SSSR count). The van der Waals surface area contributed by atoms with Gasteiger partial charge in [0.2, 0.25) is 0 Å². The van der Waals surface area contributed by atoms with Gasteiger partial charge in [-0.1, -0.05) is 35.9 Å². The fourth-order valence-electron chi connectivity index (χ4n) is 3.02. The first kappa shape index (κ1) is 15.8. The molecule has 5 heteroatoms. The molecule has 2 aromatic carbocycles. The van der Waals surface area contributed by atoms with E-state index in [2.05, 4.69) is 22.3 Å². The second kappa shape index (κ2) is 7.01. The smallest absolute Gasteiger partial charge is 0.255 e. The highest BCUT2D eigenvalue weighted by molar-refractivity contribution is 6.33. The van der Waals surface area contributed by atoms with Gasteiger partial charge in [-0.25, -0.2) is 4.39 Å². The van der Waals surface area contributed by atoms with Crippen molar-refractivity contribution in [2.45, 2.75) is 18.9 Å². The Hall–Kier alpha value is -2.07. The Balaban J connectivity index is 1.67. The van der Waals surface area contributed by atoms with Crippen LogP contribution in [0.15, 0.2) is 48.5 Å². The average molecular weight is 333 g/mol. The third kappa shape index (κ3) is 3.48. The Bertz CT molecular complexity index is 672. The number of para-hydroxylation sites is 1. The predicted molar refractivity (Wildman–Crippen MR) is 90.6 cm³/mol. The zero-order valence-corrected chi connectivity index (χ0v) is 13.4. The summed E-state index contributed by atoms with van der Waals surface area (Å²) >= 11 is 5.93. The molecule has 1 saturated heterocycles. The third-order valence-corrected chi connectivity index (χ3v) is 4.47. The summed E-state index contributed by atoms with van der Waals surface area (Å²) in [5.74, 6) is -1.06. The van der Waals surface area contributed by atoms with Crippen LogP contribution in [-0.4, -0.2) is 25.0 Å². The monoisotopic (exact) mass is 332 g/mol. The molecule has 3 nitrogen and oxygen atoms in total. The lowest BCUT2D eigenvalue weighted by atomic mass is 10.1. The number of amides is 1. The van der Waals surface area contributed by atoms with Crippen LogP contribution in [0, 0.1) is 5.82 Å². The van der Waals surface area contributed by atoms with Crippen molar-refractivity contribution >= 4 is 23.2 Å². The molecule has 0 bridgehead atoms. The van der Waals surface area contributed by atoms with Crippen molar-refractivity contribution in [2.24, 2.45) is 0 Å². The van der Waals surface area contributed by atoms with Crippen LogP contribution in [0.4, 0.5) is 10.1 Å². The molecule has 23 heavy (non-hydrogen) atoms. The largest absolute Gasteiger partial charge is 0.367 e. The molecule has 1 heterocycles. The first-order valence-electron chi connectivity index (χ1n) is 7.70. The zero-order chi connectivity index (χ0) is 16.2. The molecule has 1 unspecified atom stereocenters. The summed E-state index contributed by atoms with van der Waals surface area (Å²) in [6.45, 7) is 1.43. The van der Waals surface area contributed by atoms with Crippen LogP contribution in [-0.2, 0) is 0 Å². The Labute approximate surface area is 140 Å². The second-order valence-electron chi connectivity index (χ2n) is 5.63. The Morgan fingerprint density at radius 2 is 2.00 bits per heavy atom. The van der Waals surface area contributed by atoms with Gasteiger partial charge in [-0.3, -0.25) is 4.79 Å². The van der Waals surface area contributed by atoms with Crippen molar-refractivity contribution in [1.29, 1.82) is 0 Å². The topological polar surface area (TPSA) is 32.3 Å². The number of nitrogens with one attached hydrogen (secondary N) is 1. The van der Waals surface area contributed by atoms with Gasteiger partial charge in [-0.15, -0.1) is 0 Å². The molecule has 1 N–H and O–H groups in total. The highest BCUT2D eigenvalue weighted by Crippen LogP contribution is 2.25. The van der Waals surface area contributed by atoms with E-state index in [0.717, 1.165) is 25.1 Å². The van der Waals surface area contributed by atoms with Gasteiger partial charge in [0.05, 0.1) is 10.6 Å². The Morgan fingerprint density at radius 1 is 1.22 bits per heavy atom. The molecular weight excluding hydrogens is 315 g/mol. The number of hydrogen-bond acceptors (Lipinski definition) is 2. The quantitative estimate of drug-likeness (QED) is 0.921. The van der Waals surface area contributed by atoms with Gasteiger partial charge in [-0.2, -0.15) is 0 Å². The molecule has 1 aliphatic heterocycles. The van der Waals surface area contributed by atoms with Gasteiger partial charge >= 0.3 is 0 Å².